The van der Waals surface area contributed by atoms with Crippen molar-refractivity contribution in [3.05, 3.63) is 23.2 Å². The van der Waals surface area contributed by atoms with Gasteiger partial charge in [0.2, 0.25) is 0 Å². The van der Waals surface area contributed by atoms with Crippen molar-refractivity contribution in [2.45, 2.75) is 6.92 Å². The van der Waals surface area contributed by atoms with Crippen LogP contribution in [0.1, 0.15) is 6.92 Å². The van der Waals surface area contributed by atoms with Crippen molar-refractivity contribution in [2.75, 3.05) is 0 Å². The highest BCUT2D eigenvalue weighted by Crippen LogP contribution is 1.78. The van der Waals surface area contributed by atoms with E-state index < -0.39 is 0 Å². The minimum absolute atomic E-state index is 1.73. The summed E-state index contributed by atoms with van der Waals surface area (Å²) in [5.41, 5.74) is 0. The van der Waals surface area contributed by atoms with Gasteiger partial charge in [-0.05, 0) is 24.1 Å². The Balaban J connectivity index is 3.51. The third-order valence-corrected chi connectivity index (χ3v) is 0.744. The highest BCUT2D eigenvalue weighted by Gasteiger charge is 1.52. The molecule has 0 rings (SSSR count). The van der Waals surface area contributed by atoms with Crippen molar-refractivity contribution >= 4 is 15.9 Å². The number of rotatable bonds is 0. The first-order chi connectivity index (χ1) is 3.91. The summed E-state index contributed by atoms with van der Waals surface area (Å²) in [6.07, 6.45) is 5.43. The molecule has 0 aromatic carbocycles. The van der Waals surface area contributed by atoms with Crippen molar-refractivity contribution in [1.82, 2.24) is 0 Å². The van der Waals surface area contributed by atoms with Crippen LogP contribution in [-0.2, 0) is 0 Å². The predicted molar refractivity (Wildman–Crippen MR) is 40.7 cm³/mol. The van der Waals surface area contributed by atoms with E-state index in [1.165, 1.54) is 0 Å². The molecule has 0 radical (unpaired) electrons. The molecule has 0 bridgehead atoms. The molecule has 0 aromatic rings. The van der Waals surface area contributed by atoms with E-state index in [2.05, 4.69) is 27.8 Å². The molecule has 0 fully saturated rings. The Morgan fingerprint density at radius 1 is 1.25 bits per heavy atom. The van der Waals surface area contributed by atoms with Gasteiger partial charge in [-0.2, -0.15) is 0 Å². The molecule has 0 aliphatic rings. The van der Waals surface area contributed by atoms with Gasteiger partial charge in [-0.1, -0.05) is 33.8 Å². The lowest BCUT2D eigenvalue weighted by atomic mass is 10.5. The van der Waals surface area contributed by atoms with Crippen LogP contribution in [0, 0.1) is 11.8 Å². The number of hydrogen-bond acceptors (Lipinski definition) is 0. The summed E-state index contributed by atoms with van der Waals surface area (Å²) in [7, 11) is 0. The average molecular weight is 171 g/mol. The normalized spacial score (nSPS) is 9.75. The van der Waals surface area contributed by atoms with Crippen LogP contribution < -0.4 is 0 Å². The van der Waals surface area contributed by atoms with Crippen LogP contribution in [0.25, 0.3) is 0 Å². The Hall–Kier alpha value is -0.480. The van der Waals surface area contributed by atoms with Gasteiger partial charge in [-0.25, -0.2) is 0 Å². The highest BCUT2D eigenvalue weighted by molar-refractivity contribution is 9.11. The van der Waals surface area contributed by atoms with Crippen molar-refractivity contribution in [3.8, 4) is 11.8 Å². The third-order valence-electron chi connectivity index (χ3n) is 0.480. The lowest BCUT2D eigenvalue weighted by molar-refractivity contribution is 1.76. The van der Waals surface area contributed by atoms with Crippen molar-refractivity contribution in [1.29, 1.82) is 0 Å². The van der Waals surface area contributed by atoms with Crippen LogP contribution in [0.4, 0.5) is 0 Å². The summed E-state index contributed by atoms with van der Waals surface area (Å²) in [4.78, 5) is 1.73. The lowest BCUT2D eigenvalue weighted by Crippen LogP contribution is -1.45. The maximum atomic E-state index is 3.09. The second-order valence-corrected chi connectivity index (χ2v) is 1.61. The first-order valence-electron chi connectivity index (χ1n) is 2.29. The Bertz CT molecular complexity index is 128. The molecule has 42 valence electrons. The maximum absolute atomic E-state index is 3.09. The van der Waals surface area contributed by atoms with Crippen molar-refractivity contribution in [2.24, 2.45) is 0 Å². The lowest BCUT2D eigenvalue weighted by Gasteiger charge is -1.60. The molecule has 0 saturated carbocycles. The summed E-state index contributed by atoms with van der Waals surface area (Å²) < 4.78 is 0. The van der Waals surface area contributed by atoms with E-state index in [9.17, 15) is 0 Å². The maximum Gasteiger partial charge on any atom is -0.00461 e. The molecule has 0 saturated heterocycles. The molecule has 8 heavy (non-hydrogen) atoms. The highest BCUT2D eigenvalue weighted by atomic mass is 79.9. The molecule has 0 spiro atoms. The Morgan fingerprint density at radius 3 is 2.38 bits per heavy atom. The Morgan fingerprint density at radius 2 is 1.88 bits per heavy atom. The predicted octanol–water partition coefficient (Wildman–Crippen LogP) is 2.47. The van der Waals surface area contributed by atoms with Gasteiger partial charge in [0.05, 0.1) is 0 Å². The van der Waals surface area contributed by atoms with Crippen molar-refractivity contribution < 1.29 is 0 Å². The molecule has 0 nitrogen and oxygen atoms in total. The summed E-state index contributed by atoms with van der Waals surface area (Å²) in [5, 5.41) is 0. The molecule has 1 heteroatoms. The second kappa shape index (κ2) is 6.52. The van der Waals surface area contributed by atoms with Crippen LogP contribution in [0.5, 0.6) is 0 Å². The molecule has 0 unspecified atom stereocenters. The molecule has 0 aliphatic carbocycles. The van der Waals surface area contributed by atoms with Gasteiger partial charge >= 0.3 is 0 Å². The van der Waals surface area contributed by atoms with Gasteiger partial charge < -0.3 is 0 Å². The molecule has 0 amide bonds. The Labute approximate surface area is 58.4 Å². The zero-order valence-corrected chi connectivity index (χ0v) is 6.27. The van der Waals surface area contributed by atoms with E-state index in [0.29, 0.717) is 0 Å². The monoisotopic (exact) mass is 170 g/mol. The first-order valence-corrected chi connectivity index (χ1v) is 3.21. The van der Waals surface area contributed by atoms with Gasteiger partial charge in [0.15, 0.2) is 0 Å². The smallest absolute Gasteiger partial charge is 0.00461 e. The summed E-state index contributed by atoms with van der Waals surface area (Å²) >= 11 is 3.09. The second-order valence-electron chi connectivity index (χ2n) is 1.08. The van der Waals surface area contributed by atoms with Crippen LogP contribution in [0.15, 0.2) is 23.2 Å². The van der Waals surface area contributed by atoms with E-state index in [4.69, 9.17) is 0 Å². The molecular formula is C7H7Br. The SMILES string of the molecule is C/C=C/C#C/C=C/Br. The summed E-state index contributed by atoms with van der Waals surface area (Å²) in [6, 6.07) is 0. The fourth-order valence-corrected chi connectivity index (χ4v) is 0.343. The van der Waals surface area contributed by atoms with E-state index in [0.717, 1.165) is 0 Å². The molecule has 0 aromatic heterocycles. The average Bonchev–Trinajstić information content (AvgIpc) is 1.81. The van der Waals surface area contributed by atoms with Crippen LogP contribution in [-0.4, -0.2) is 0 Å². The molecular weight excluding hydrogens is 164 g/mol. The summed E-state index contributed by atoms with van der Waals surface area (Å²) in [6.45, 7) is 1.94. The van der Waals surface area contributed by atoms with Crippen LogP contribution >= 0.6 is 15.9 Å². The van der Waals surface area contributed by atoms with Gasteiger partial charge in [0.1, 0.15) is 0 Å². The summed E-state index contributed by atoms with van der Waals surface area (Å²) in [5.74, 6) is 5.56. The van der Waals surface area contributed by atoms with Gasteiger partial charge in [0, 0.05) is 0 Å². The van der Waals surface area contributed by atoms with Gasteiger partial charge in [0.25, 0.3) is 0 Å². The van der Waals surface area contributed by atoms with Crippen molar-refractivity contribution in [3.63, 3.8) is 0 Å². The minimum atomic E-state index is 1.73. The fourth-order valence-electron chi connectivity index (χ4n) is 0.211. The van der Waals surface area contributed by atoms with E-state index in [-0.39, 0.29) is 0 Å². The first kappa shape index (κ1) is 7.52. The Kier molecular flexibility index (Phi) is 6.13. The zero-order chi connectivity index (χ0) is 6.24. The van der Waals surface area contributed by atoms with E-state index in [1.807, 2.05) is 13.0 Å². The van der Waals surface area contributed by atoms with Crippen LogP contribution in [0.3, 0.4) is 0 Å². The standard InChI is InChI=1S/C7H7Br/c1-2-3-4-5-6-7-8/h2-3,6-7H,1H3/b3-2+,7-6+. The molecule has 0 N–H and O–H groups in total. The number of hydrogen-bond donors (Lipinski definition) is 0. The topological polar surface area (TPSA) is 0 Å². The molecule has 0 atom stereocenters. The third kappa shape index (κ3) is 5.52. The molecule has 0 aliphatic heterocycles. The fraction of sp³-hybridized carbons (Fsp3) is 0.143. The minimum Gasteiger partial charge on any atom is -0.0793 e. The van der Waals surface area contributed by atoms with Crippen LogP contribution in [0.2, 0.25) is 0 Å². The van der Waals surface area contributed by atoms with Gasteiger partial charge in [-0.15, -0.1) is 0 Å². The van der Waals surface area contributed by atoms with E-state index in [1.54, 1.807) is 17.1 Å². The number of halogens is 1. The quantitative estimate of drug-likeness (QED) is 0.491. The van der Waals surface area contributed by atoms with E-state index >= 15 is 0 Å². The van der Waals surface area contributed by atoms with Gasteiger partial charge in [-0.3, -0.25) is 0 Å². The largest absolute Gasteiger partial charge is 0.0793 e. The molecule has 0 heterocycles. The zero-order valence-electron chi connectivity index (χ0n) is 4.69. The number of allylic oxidation sites excluding steroid dienone is 3.